The van der Waals surface area contributed by atoms with Gasteiger partial charge in [-0.25, -0.2) is 4.39 Å². The molecule has 0 aliphatic carbocycles. The summed E-state index contributed by atoms with van der Waals surface area (Å²) in [7, 11) is 1.62. The summed E-state index contributed by atoms with van der Waals surface area (Å²) in [4.78, 5) is 0. The van der Waals surface area contributed by atoms with E-state index in [9.17, 15) is 4.39 Å². The number of benzene rings is 2. The maximum Gasteiger partial charge on any atom is 0.127 e. The lowest BCUT2D eigenvalue weighted by Crippen LogP contribution is -2.24. The van der Waals surface area contributed by atoms with E-state index in [2.05, 4.69) is 15.9 Å². The number of methoxy groups -OCH3 is 1. The van der Waals surface area contributed by atoms with Gasteiger partial charge in [0.15, 0.2) is 0 Å². The number of ether oxygens (including phenoxy) is 2. The van der Waals surface area contributed by atoms with Crippen LogP contribution in [0.5, 0.6) is 11.5 Å². The van der Waals surface area contributed by atoms with E-state index in [0.717, 1.165) is 21.3 Å². The smallest absolute Gasteiger partial charge is 0.127 e. The van der Waals surface area contributed by atoms with E-state index >= 15 is 0 Å². The Kier molecular flexibility index (Phi) is 3.87. The fourth-order valence-electron chi connectivity index (χ4n) is 2.56. The predicted octanol–water partition coefficient (Wildman–Crippen LogP) is 4.12. The maximum absolute atomic E-state index is 13.4. The first kappa shape index (κ1) is 14.4. The van der Waals surface area contributed by atoms with E-state index in [1.54, 1.807) is 13.2 Å². The van der Waals surface area contributed by atoms with Crippen molar-refractivity contribution in [3.63, 3.8) is 0 Å². The van der Waals surface area contributed by atoms with Crippen LogP contribution in [0.4, 0.5) is 4.39 Å². The number of halogens is 2. The second-order valence-electron chi connectivity index (χ2n) is 5.02. The molecule has 110 valence electrons. The molecule has 0 amide bonds. The third-order valence-electron chi connectivity index (χ3n) is 3.66. The molecule has 0 fully saturated rings. The minimum absolute atomic E-state index is 0.183. The van der Waals surface area contributed by atoms with E-state index in [4.69, 9.17) is 15.2 Å². The molecule has 1 heterocycles. The molecule has 21 heavy (non-hydrogen) atoms. The number of hydrogen-bond donors (Lipinski definition) is 1. The highest BCUT2D eigenvalue weighted by atomic mass is 79.9. The van der Waals surface area contributed by atoms with Crippen molar-refractivity contribution in [3.05, 3.63) is 57.8 Å². The Labute approximate surface area is 131 Å². The van der Waals surface area contributed by atoms with Crippen LogP contribution in [0.15, 0.2) is 40.9 Å². The third kappa shape index (κ3) is 2.76. The van der Waals surface area contributed by atoms with Crippen molar-refractivity contribution in [3.8, 4) is 11.5 Å². The van der Waals surface area contributed by atoms with Crippen LogP contribution < -0.4 is 15.2 Å². The fourth-order valence-corrected chi connectivity index (χ4v) is 3.06. The molecular weight excluding hydrogens is 337 g/mol. The molecule has 2 N–H and O–H groups in total. The SMILES string of the molecule is COc1ccc(Br)c(C2CC(N)c3ccc(F)cc3O2)c1. The van der Waals surface area contributed by atoms with Gasteiger partial charge in [-0.3, -0.25) is 0 Å². The average Bonchev–Trinajstić information content (AvgIpc) is 2.47. The third-order valence-corrected chi connectivity index (χ3v) is 4.38. The summed E-state index contributed by atoms with van der Waals surface area (Å²) in [6.45, 7) is 0. The zero-order chi connectivity index (χ0) is 15.0. The molecule has 2 aromatic carbocycles. The maximum atomic E-state index is 13.4. The first-order valence-electron chi connectivity index (χ1n) is 6.63. The summed E-state index contributed by atoms with van der Waals surface area (Å²) in [5, 5.41) is 0. The Balaban J connectivity index is 1.99. The highest BCUT2D eigenvalue weighted by Crippen LogP contribution is 2.42. The number of fused-ring (bicyclic) bond motifs is 1. The molecule has 2 aromatic rings. The van der Waals surface area contributed by atoms with Crippen molar-refractivity contribution >= 4 is 15.9 Å². The summed E-state index contributed by atoms with van der Waals surface area (Å²) in [6.07, 6.45) is 0.392. The van der Waals surface area contributed by atoms with Crippen molar-refractivity contribution < 1.29 is 13.9 Å². The lowest BCUT2D eigenvalue weighted by molar-refractivity contribution is 0.159. The average molecular weight is 352 g/mol. The van der Waals surface area contributed by atoms with Crippen LogP contribution in [0.3, 0.4) is 0 Å². The van der Waals surface area contributed by atoms with Gasteiger partial charge in [0.1, 0.15) is 23.4 Å². The van der Waals surface area contributed by atoms with Gasteiger partial charge in [-0.2, -0.15) is 0 Å². The molecule has 0 bridgehead atoms. The number of rotatable bonds is 2. The first-order chi connectivity index (χ1) is 10.1. The molecular formula is C16H15BrFNO2. The Morgan fingerprint density at radius 2 is 2.05 bits per heavy atom. The van der Waals surface area contributed by atoms with Gasteiger partial charge in [-0.1, -0.05) is 22.0 Å². The highest BCUT2D eigenvalue weighted by Gasteiger charge is 2.28. The Bertz CT molecular complexity index is 677. The van der Waals surface area contributed by atoms with E-state index in [1.807, 2.05) is 18.2 Å². The monoisotopic (exact) mass is 351 g/mol. The molecule has 0 spiro atoms. The molecule has 0 radical (unpaired) electrons. The quantitative estimate of drug-likeness (QED) is 0.884. The second-order valence-corrected chi connectivity index (χ2v) is 5.87. The number of hydrogen-bond acceptors (Lipinski definition) is 3. The van der Waals surface area contributed by atoms with E-state index in [0.29, 0.717) is 12.2 Å². The fraction of sp³-hybridized carbons (Fsp3) is 0.250. The van der Waals surface area contributed by atoms with Crippen molar-refractivity contribution in [2.45, 2.75) is 18.6 Å². The van der Waals surface area contributed by atoms with Crippen LogP contribution in [0.1, 0.15) is 29.7 Å². The molecule has 5 heteroatoms. The van der Waals surface area contributed by atoms with Gasteiger partial charge in [0, 0.05) is 34.1 Å². The van der Waals surface area contributed by atoms with Crippen LogP contribution in [-0.2, 0) is 0 Å². The zero-order valence-electron chi connectivity index (χ0n) is 11.5. The van der Waals surface area contributed by atoms with Crippen molar-refractivity contribution in [2.24, 2.45) is 5.73 Å². The summed E-state index contributed by atoms with van der Waals surface area (Å²) >= 11 is 3.52. The van der Waals surface area contributed by atoms with Gasteiger partial charge in [0.2, 0.25) is 0 Å². The molecule has 1 aliphatic rings. The van der Waals surface area contributed by atoms with E-state index < -0.39 is 0 Å². The molecule has 0 aromatic heterocycles. The Morgan fingerprint density at radius 3 is 2.81 bits per heavy atom. The van der Waals surface area contributed by atoms with Crippen molar-refractivity contribution in [1.82, 2.24) is 0 Å². The van der Waals surface area contributed by atoms with Gasteiger partial charge in [-0.05, 0) is 24.3 Å². The molecule has 3 nitrogen and oxygen atoms in total. The molecule has 3 rings (SSSR count). The van der Waals surface area contributed by atoms with Gasteiger partial charge in [0.05, 0.1) is 7.11 Å². The first-order valence-corrected chi connectivity index (χ1v) is 7.43. The molecule has 0 saturated carbocycles. The predicted molar refractivity (Wildman–Crippen MR) is 82.0 cm³/mol. The molecule has 2 unspecified atom stereocenters. The summed E-state index contributed by atoms with van der Waals surface area (Å²) in [6, 6.07) is 9.98. The van der Waals surface area contributed by atoms with Gasteiger partial charge in [0.25, 0.3) is 0 Å². The van der Waals surface area contributed by atoms with Gasteiger partial charge < -0.3 is 15.2 Å². The van der Waals surface area contributed by atoms with E-state index in [-0.39, 0.29) is 18.0 Å². The van der Waals surface area contributed by atoms with Crippen LogP contribution in [-0.4, -0.2) is 7.11 Å². The van der Waals surface area contributed by atoms with Crippen LogP contribution in [0.2, 0.25) is 0 Å². The minimum Gasteiger partial charge on any atom is -0.497 e. The Morgan fingerprint density at radius 1 is 1.24 bits per heavy atom. The largest absolute Gasteiger partial charge is 0.497 e. The standard InChI is InChI=1S/C16H15BrFNO2/c1-20-10-3-5-13(17)12(7-10)16-8-14(19)11-4-2-9(18)6-15(11)21-16/h2-7,14,16H,8,19H2,1H3. The van der Waals surface area contributed by atoms with Crippen LogP contribution >= 0.6 is 15.9 Å². The summed E-state index contributed by atoms with van der Waals surface area (Å²) in [5.74, 6) is 0.926. The van der Waals surface area contributed by atoms with Crippen molar-refractivity contribution in [2.75, 3.05) is 7.11 Å². The van der Waals surface area contributed by atoms with E-state index in [1.165, 1.54) is 12.1 Å². The van der Waals surface area contributed by atoms with Crippen molar-refractivity contribution in [1.29, 1.82) is 0 Å². The van der Waals surface area contributed by atoms with Crippen LogP contribution in [0, 0.1) is 5.82 Å². The molecule has 0 saturated heterocycles. The molecule has 2 atom stereocenters. The lowest BCUT2D eigenvalue weighted by Gasteiger charge is -2.31. The van der Waals surface area contributed by atoms with Gasteiger partial charge >= 0.3 is 0 Å². The van der Waals surface area contributed by atoms with Gasteiger partial charge in [-0.15, -0.1) is 0 Å². The summed E-state index contributed by atoms with van der Waals surface area (Å²) in [5.41, 5.74) is 7.98. The summed E-state index contributed by atoms with van der Waals surface area (Å²) < 4.78 is 25.5. The molecule has 1 aliphatic heterocycles. The minimum atomic E-state index is -0.327. The normalized spacial score (nSPS) is 20.6. The highest BCUT2D eigenvalue weighted by molar-refractivity contribution is 9.10. The lowest BCUT2D eigenvalue weighted by atomic mass is 9.93. The van der Waals surface area contributed by atoms with Crippen LogP contribution in [0.25, 0.3) is 0 Å². The Hall–Kier alpha value is -1.59. The number of nitrogens with two attached hydrogens (primary N) is 1. The second kappa shape index (κ2) is 5.66. The topological polar surface area (TPSA) is 44.5 Å². The zero-order valence-corrected chi connectivity index (χ0v) is 13.1.